The van der Waals surface area contributed by atoms with Gasteiger partial charge in [-0.15, -0.1) is 0 Å². The lowest BCUT2D eigenvalue weighted by molar-refractivity contribution is -0.00643. The molecule has 4 heteroatoms. The second-order valence-corrected chi connectivity index (χ2v) is 2.33. The van der Waals surface area contributed by atoms with Crippen LogP contribution in [-0.2, 0) is 0 Å². The maximum absolute atomic E-state index is 8.42. The van der Waals surface area contributed by atoms with Gasteiger partial charge in [0.1, 0.15) is 0 Å². The van der Waals surface area contributed by atoms with E-state index in [-0.39, 0.29) is 0 Å². The first-order chi connectivity index (χ1) is 5.15. The van der Waals surface area contributed by atoms with Crippen LogP contribution in [0.25, 0.3) is 5.53 Å². The molecule has 0 aliphatic carbocycles. The summed E-state index contributed by atoms with van der Waals surface area (Å²) in [5.74, 6) is 1.13. The number of aromatic nitrogens is 1. The van der Waals surface area contributed by atoms with Gasteiger partial charge in [0.05, 0.1) is 5.69 Å². The molecule has 1 aromatic heterocycles. The maximum atomic E-state index is 8.42. The summed E-state index contributed by atoms with van der Waals surface area (Å²) in [6.45, 7) is 5.22. The topological polar surface area (TPSA) is 62.4 Å². The molecule has 0 aliphatic rings. The molecule has 0 aromatic carbocycles. The van der Waals surface area contributed by atoms with E-state index in [1.807, 2.05) is 0 Å². The fourth-order valence-corrected chi connectivity index (χ4v) is 0.912. The van der Waals surface area contributed by atoms with Gasteiger partial charge in [0.25, 0.3) is 0 Å². The molecule has 0 atom stereocenters. The Morgan fingerprint density at radius 1 is 1.55 bits per heavy atom. The third-order valence-electron chi connectivity index (χ3n) is 1.38. The van der Waals surface area contributed by atoms with E-state index < -0.39 is 0 Å². The Morgan fingerprint density at radius 3 is 2.55 bits per heavy atom. The highest BCUT2D eigenvalue weighted by Crippen LogP contribution is 2.08. The van der Waals surface area contributed by atoms with Crippen molar-refractivity contribution in [1.82, 2.24) is 4.98 Å². The van der Waals surface area contributed by atoms with E-state index in [0.29, 0.717) is 17.4 Å². The summed E-state index contributed by atoms with van der Waals surface area (Å²) in [5.41, 5.74) is 9.62. The molecule has 58 valence electrons. The molecule has 0 fully saturated rings. The number of aryl methyl sites for hydroxylation is 2. The van der Waals surface area contributed by atoms with Gasteiger partial charge in [-0.25, -0.2) is 4.98 Å². The summed E-state index contributed by atoms with van der Waals surface area (Å²) >= 11 is 0. The second kappa shape index (κ2) is 2.68. The van der Waals surface area contributed by atoms with Gasteiger partial charge in [-0.3, -0.25) is 0 Å². The lowest BCUT2D eigenvalue weighted by Gasteiger charge is -1.81. The van der Waals surface area contributed by atoms with Crippen molar-refractivity contribution in [3.63, 3.8) is 0 Å². The lowest BCUT2D eigenvalue weighted by Crippen LogP contribution is -1.95. The first-order valence-corrected chi connectivity index (χ1v) is 3.28. The van der Waals surface area contributed by atoms with Gasteiger partial charge in [0.2, 0.25) is 5.76 Å². The van der Waals surface area contributed by atoms with Crippen LogP contribution in [0.1, 0.15) is 24.3 Å². The number of oxazole rings is 1. The fraction of sp³-hybridized carbons (Fsp3) is 0.429. The third-order valence-corrected chi connectivity index (χ3v) is 1.38. The molecule has 0 saturated heterocycles. The molecule has 0 N–H and O–H groups in total. The Morgan fingerprint density at radius 2 is 2.18 bits per heavy atom. The van der Waals surface area contributed by atoms with Gasteiger partial charge >= 0.3 is 5.71 Å². The predicted octanol–water partition coefficient (Wildman–Crippen LogP) is 1.33. The predicted molar refractivity (Wildman–Crippen MR) is 39.4 cm³/mol. The summed E-state index contributed by atoms with van der Waals surface area (Å²) in [6, 6.07) is 0. The molecule has 1 aromatic rings. The Labute approximate surface area is 64.5 Å². The average molecular weight is 151 g/mol. The van der Waals surface area contributed by atoms with E-state index in [1.54, 1.807) is 20.8 Å². The molecule has 0 bridgehead atoms. The molecular weight excluding hydrogens is 142 g/mol. The highest BCUT2D eigenvalue weighted by molar-refractivity contribution is 5.92. The minimum absolute atomic E-state index is 0.447. The molecule has 4 nitrogen and oxygen atoms in total. The summed E-state index contributed by atoms with van der Waals surface area (Å²) in [5, 5.41) is 0. The van der Waals surface area contributed by atoms with Crippen molar-refractivity contribution in [2.75, 3.05) is 0 Å². The molecule has 1 rings (SSSR count). The van der Waals surface area contributed by atoms with E-state index in [2.05, 4.69) is 9.77 Å². The van der Waals surface area contributed by atoms with Crippen molar-refractivity contribution in [3.8, 4) is 0 Å². The van der Waals surface area contributed by atoms with Crippen LogP contribution in [0.15, 0.2) is 4.42 Å². The molecular formula is C7H9N3O. The molecule has 0 spiro atoms. The molecule has 0 saturated carbocycles. The van der Waals surface area contributed by atoms with Crippen molar-refractivity contribution in [3.05, 3.63) is 22.9 Å². The fourth-order valence-electron chi connectivity index (χ4n) is 0.912. The number of hydrogen-bond acceptors (Lipinski definition) is 2. The minimum atomic E-state index is 0.447. The van der Waals surface area contributed by atoms with E-state index in [1.165, 1.54) is 0 Å². The zero-order valence-electron chi connectivity index (χ0n) is 6.75. The standard InChI is InChI=1S/C7H9N3O/c1-4-7(5(2)10-8)11-6(3)9-4/h1-3H3. The first kappa shape index (κ1) is 7.69. The average Bonchev–Trinajstić information content (AvgIpc) is 2.28. The quantitative estimate of drug-likeness (QED) is 0.345. The van der Waals surface area contributed by atoms with Crippen LogP contribution < -0.4 is 0 Å². The van der Waals surface area contributed by atoms with Gasteiger partial charge in [-0.2, -0.15) is 4.79 Å². The van der Waals surface area contributed by atoms with Gasteiger partial charge in [0, 0.05) is 13.8 Å². The van der Waals surface area contributed by atoms with Gasteiger partial charge in [-0.05, 0) is 6.92 Å². The third kappa shape index (κ3) is 1.36. The van der Waals surface area contributed by atoms with Crippen LogP contribution >= 0.6 is 0 Å². The monoisotopic (exact) mass is 151 g/mol. The summed E-state index contributed by atoms with van der Waals surface area (Å²) < 4.78 is 5.17. The molecule has 0 radical (unpaired) electrons. The lowest BCUT2D eigenvalue weighted by atomic mass is 10.3. The van der Waals surface area contributed by atoms with Crippen LogP contribution in [0.3, 0.4) is 0 Å². The molecule has 0 aliphatic heterocycles. The van der Waals surface area contributed by atoms with E-state index in [0.717, 1.165) is 5.69 Å². The number of hydrogen-bond donors (Lipinski definition) is 0. The summed E-state index contributed by atoms with van der Waals surface area (Å²) in [7, 11) is 0. The van der Waals surface area contributed by atoms with Crippen molar-refractivity contribution < 1.29 is 9.21 Å². The van der Waals surface area contributed by atoms with Gasteiger partial charge < -0.3 is 9.95 Å². The van der Waals surface area contributed by atoms with Crippen molar-refractivity contribution in [2.24, 2.45) is 0 Å². The minimum Gasteiger partial charge on any atom is -0.433 e. The number of nitrogens with zero attached hydrogens (tertiary/aromatic N) is 3. The van der Waals surface area contributed by atoms with E-state index in [9.17, 15) is 0 Å². The first-order valence-electron chi connectivity index (χ1n) is 3.28. The van der Waals surface area contributed by atoms with E-state index >= 15 is 0 Å². The largest absolute Gasteiger partial charge is 0.433 e. The SMILES string of the molecule is CC(=[N+]=[N-])c1oc(C)nc1C. The van der Waals surface area contributed by atoms with Crippen LogP contribution in [-0.4, -0.2) is 15.5 Å². The second-order valence-electron chi connectivity index (χ2n) is 2.33. The Balaban J connectivity index is 3.23. The normalized spacial score (nSPS) is 9.36. The molecule has 11 heavy (non-hydrogen) atoms. The Kier molecular flexibility index (Phi) is 1.87. The van der Waals surface area contributed by atoms with Crippen molar-refractivity contribution in [2.45, 2.75) is 20.8 Å². The van der Waals surface area contributed by atoms with Crippen LogP contribution in [0.2, 0.25) is 0 Å². The number of rotatable bonds is 1. The van der Waals surface area contributed by atoms with Gasteiger partial charge in [0.15, 0.2) is 5.89 Å². The van der Waals surface area contributed by atoms with Gasteiger partial charge in [-0.1, -0.05) is 0 Å². The highest BCUT2D eigenvalue weighted by atomic mass is 16.4. The zero-order valence-corrected chi connectivity index (χ0v) is 6.75. The molecule has 0 unspecified atom stereocenters. The molecule has 1 heterocycles. The Bertz CT molecular complexity index is 320. The Hall–Kier alpha value is -1.41. The van der Waals surface area contributed by atoms with Crippen molar-refractivity contribution >= 4 is 5.71 Å². The van der Waals surface area contributed by atoms with E-state index in [4.69, 9.17) is 9.95 Å². The summed E-state index contributed by atoms with van der Waals surface area (Å²) in [6.07, 6.45) is 0. The smallest absolute Gasteiger partial charge is 0.332 e. The zero-order chi connectivity index (χ0) is 8.43. The van der Waals surface area contributed by atoms with Crippen LogP contribution in [0, 0.1) is 13.8 Å². The highest BCUT2D eigenvalue weighted by Gasteiger charge is 2.14. The summed E-state index contributed by atoms with van der Waals surface area (Å²) in [4.78, 5) is 7.04. The van der Waals surface area contributed by atoms with Crippen LogP contribution in [0.5, 0.6) is 0 Å². The van der Waals surface area contributed by atoms with Crippen LogP contribution in [0.4, 0.5) is 0 Å². The molecule has 0 amide bonds. The maximum Gasteiger partial charge on any atom is 0.332 e. The van der Waals surface area contributed by atoms with Crippen molar-refractivity contribution in [1.29, 1.82) is 0 Å².